The minimum Gasteiger partial charge on any atom is -0.508 e. The summed E-state index contributed by atoms with van der Waals surface area (Å²) in [6.07, 6.45) is 4.28. The van der Waals surface area contributed by atoms with E-state index in [2.05, 4.69) is 32.6 Å². The molecule has 0 aliphatic carbocycles. The number of hydrazone groups is 1. The molecule has 0 amide bonds. The zero-order valence-electron chi connectivity index (χ0n) is 13.1. The van der Waals surface area contributed by atoms with Crippen LogP contribution in [-0.4, -0.2) is 28.8 Å². The van der Waals surface area contributed by atoms with Crippen molar-refractivity contribution in [2.75, 3.05) is 6.54 Å². The molecule has 2 aromatic carbocycles. The Balaban J connectivity index is 1.56. The average molecular weight is 321 g/mol. The maximum Gasteiger partial charge on any atom is 0.209 e. The maximum absolute atomic E-state index is 9.56. The number of nitrogens with one attached hydrogen (secondary N) is 2. The van der Waals surface area contributed by atoms with Gasteiger partial charge in [0.1, 0.15) is 5.75 Å². The number of aromatic hydroxyl groups is 1. The topological polar surface area (TPSA) is 98.8 Å². The summed E-state index contributed by atoms with van der Waals surface area (Å²) in [6.45, 7) is 0.597. The van der Waals surface area contributed by atoms with Crippen molar-refractivity contribution in [3.63, 3.8) is 0 Å². The molecule has 1 aromatic heterocycles. The van der Waals surface area contributed by atoms with Crippen LogP contribution in [0.15, 0.2) is 64.8 Å². The number of aromatic nitrogens is 1. The van der Waals surface area contributed by atoms with E-state index >= 15 is 0 Å². The van der Waals surface area contributed by atoms with Gasteiger partial charge >= 0.3 is 0 Å². The molecule has 6 heteroatoms. The predicted octanol–water partition coefficient (Wildman–Crippen LogP) is 2.35. The molecule has 0 spiro atoms. The van der Waals surface area contributed by atoms with Crippen molar-refractivity contribution >= 4 is 23.1 Å². The van der Waals surface area contributed by atoms with E-state index in [9.17, 15) is 5.11 Å². The fourth-order valence-electron chi connectivity index (χ4n) is 2.39. The summed E-state index contributed by atoms with van der Waals surface area (Å²) in [5, 5.41) is 14.5. The van der Waals surface area contributed by atoms with Gasteiger partial charge in [-0.15, -0.1) is 0 Å². The number of nitrogens with zero attached hydrogens (tertiary/aromatic N) is 2. The number of aliphatic imine (C=N–C) groups is 1. The molecule has 0 unspecified atom stereocenters. The predicted molar refractivity (Wildman–Crippen MR) is 97.3 cm³/mol. The van der Waals surface area contributed by atoms with Gasteiger partial charge in [-0.1, -0.05) is 30.3 Å². The Morgan fingerprint density at radius 1 is 1.21 bits per heavy atom. The number of fused-ring (bicyclic) bond motifs is 1. The first-order chi connectivity index (χ1) is 11.7. The second kappa shape index (κ2) is 7.32. The number of phenolic OH excluding ortho intramolecular Hbond substituents is 1. The summed E-state index contributed by atoms with van der Waals surface area (Å²) in [7, 11) is 0. The molecular formula is C18H19N5O. The summed E-state index contributed by atoms with van der Waals surface area (Å²) < 4.78 is 0. The first kappa shape index (κ1) is 15.6. The lowest BCUT2D eigenvalue weighted by Crippen LogP contribution is -2.27. The Bertz CT molecular complexity index is 868. The molecule has 122 valence electrons. The van der Waals surface area contributed by atoms with Crippen molar-refractivity contribution in [1.82, 2.24) is 10.4 Å². The Morgan fingerprint density at radius 3 is 2.88 bits per heavy atom. The molecule has 0 atom stereocenters. The van der Waals surface area contributed by atoms with E-state index < -0.39 is 0 Å². The van der Waals surface area contributed by atoms with Crippen LogP contribution in [0.2, 0.25) is 0 Å². The fraction of sp³-hybridized carbons (Fsp3) is 0.111. The SMILES string of the molecule is NC(=NCCc1ccccc1)N/N=C/c1c[nH]c2ccc(O)cc12. The van der Waals surface area contributed by atoms with Gasteiger partial charge in [0.15, 0.2) is 0 Å². The van der Waals surface area contributed by atoms with Gasteiger partial charge in [0, 0.05) is 29.2 Å². The first-order valence-corrected chi connectivity index (χ1v) is 7.65. The second-order valence-corrected chi connectivity index (χ2v) is 5.35. The van der Waals surface area contributed by atoms with E-state index in [0.717, 1.165) is 22.9 Å². The van der Waals surface area contributed by atoms with Crippen LogP contribution in [0.5, 0.6) is 5.75 Å². The van der Waals surface area contributed by atoms with Crippen molar-refractivity contribution in [2.24, 2.45) is 15.8 Å². The molecule has 0 radical (unpaired) electrons. The Labute approximate surface area is 139 Å². The van der Waals surface area contributed by atoms with E-state index in [-0.39, 0.29) is 11.7 Å². The van der Waals surface area contributed by atoms with Gasteiger partial charge in [-0.2, -0.15) is 5.10 Å². The standard InChI is InChI=1S/C18H19N5O/c19-18(20-9-8-13-4-2-1-3-5-13)23-22-12-14-11-21-17-7-6-15(24)10-16(14)17/h1-7,10-12,21,24H,8-9H2,(H3,19,20,23)/b22-12+. The number of phenols is 1. The highest BCUT2D eigenvalue weighted by Crippen LogP contribution is 2.21. The number of rotatable bonds is 5. The maximum atomic E-state index is 9.56. The van der Waals surface area contributed by atoms with Gasteiger partial charge < -0.3 is 15.8 Å². The minimum absolute atomic E-state index is 0.215. The van der Waals surface area contributed by atoms with Gasteiger partial charge in [-0.05, 0) is 30.2 Å². The largest absolute Gasteiger partial charge is 0.508 e. The van der Waals surface area contributed by atoms with Gasteiger partial charge in [-0.3, -0.25) is 4.99 Å². The zero-order valence-corrected chi connectivity index (χ0v) is 13.1. The molecule has 3 aromatic rings. The molecular weight excluding hydrogens is 302 g/mol. The molecule has 3 rings (SSSR count). The quantitative estimate of drug-likeness (QED) is 0.330. The van der Waals surface area contributed by atoms with E-state index in [0.29, 0.717) is 6.54 Å². The lowest BCUT2D eigenvalue weighted by molar-refractivity contribution is 0.476. The molecule has 0 saturated carbocycles. The Kier molecular flexibility index (Phi) is 4.76. The summed E-state index contributed by atoms with van der Waals surface area (Å²) in [5.74, 6) is 0.483. The molecule has 0 fully saturated rings. The lowest BCUT2D eigenvalue weighted by atomic mass is 10.2. The van der Waals surface area contributed by atoms with Crippen LogP contribution in [0.3, 0.4) is 0 Å². The smallest absolute Gasteiger partial charge is 0.209 e. The number of benzene rings is 2. The van der Waals surface area contributed by atoms with E-state index in [1.165, 1.54) is 5.56 Å². The van der Waals surface area contributed by atoms with E-state index in [4.69, 9.17) is 5.73 Å². The third-order valence-corrected chi connectivity index (χ3v) is 3.61. The summed E-state index contributed by atoms with van der Waals surface area (Å²) in [5.41, 5.74) is 11.5. The molecule has 5 N–H and O–H groups in total. The minimum atomic E-state index is 0.215. The number of aromatic amines is 1. The van der Waals surface area contributed by atoms with Gasteiger partial charge in [0.2, 0.25) is 5.96 Å². The monoisotopic (exact) mass is 321 g/mol. The summed E-state index contributed by atoms with van der Waals surface area (Å²) in [6, 6.07) is 15.2. The van der Waals surface area contributed by atoms with Crippen LogP contribution < -0.4 is 11.2 Å². The van der Waals surface area contributed by atoms with E-state index in [1.807, 2.05) is 30.5 Å². The van der Waals surface area contributed by atoms with Gasteiger partial charge in [0.25, 0.3) is 0 Å². The van der Waals surface area contributed by atoms with Crippen molar-refractivity contribution < 1.29 is 5.11 Å². The second-order valence-electron chi connectivity index (χ2n) is 5.35. The molecule has 0 saturated heterocycles. The third-order valence-electron chi connectivity index (χ3n) is 3.61. The highest BCUT2D eigenvalue weighted by Gasteiger charge is 2.02. The van der Waals surface area contributed by atoms with Crippen LogP contribution in [0.25, 0.3) is 10.9 Å². The van der Waals surface area contributed by atoms with Gasteiger partial charge in [-0.25, -0.2) is 5.43 Å². The van der Waals surface area contributed by atoms with Crippen molar-refractivity contribution in [1.29, 1.82) is 0 Å². The number of H-pyrrole nitrogens is 1. The molecule has 6 nitrogen and oxygen atoms in total. The lowest BCUT2D eigenvalue weighted by Gasteiger charge is -2.00. The zero-order chi connectivity index (χ0) is 16.8. The fourth-order valence-corrected chi connectivity index (χ4v) is 2.39. The number of nitrogens with two attached hydrogens (primary N) is 1. The summed E-state index contributed by atoms with van der Waals surface area (Å²) in [4.78, 5) is 7.35. The third kappa shape index (κ3) is 3.92. The van der Waals surface area contributed by atoms with E-state index in [1.54, 1.807) is 18.3 Å². The number of hydrogen-bond donors (Lipinski definition) is 4. The first-order valence-electron chi connectivity index (χ1n) is 7.65. The van der Waals surface area contributed by atoms with Crippen molar-refractivity contribution in [3.8, 4) is 5.75 Å². The van der Waals surface area contributed by atoms with Crippen LogP contribution in [0, 0.1) is 0 Å². The molecule has 24 heavy (non-hydrogen) atoms. The van der Waals surface area contributed by atoms with Crippen LogP contribution in [-0.2, 0) is 6.42 Å². The molecule has 0 aliphatic heterocycles. The summed E-state index contributed by atoms with van der Waals surface area (Å²) >= 11 is 0. The highest BCUT2D eigenvalue weighted by molar-refractivity contribution is 5.99. The Morgan fingerprint density at radius 2 is 2.04 bits per heavy atom. The van der Waals surface area contributed by atoms with Crippen molar-refractivity contribution in [2.45, 2.75) is 6.42 Å². The molecule has 1 heterocycles. The van der Waals surface area contributed by atoms with Crippen LogP contribution >= 0.6 is 0 Å². The number of hydrogen-bond acceptors (Lipinski definition) is 3. The molecule has 0 aliphatic rings. The average Bonchev–Trinajstić information content (AvgIpc) is 2.98. The highest BCUT2D eigenvalue weighted by atomic mass is 16.3. The van der Waals surface area contributed by atoms with Crippen LogP contribution in [0.4, 0.5) is 0 Å². The Hall–Kier alpha value is -3.28. The van der Waals surface area contributed by atoms with Gasteiger partial charge in [0.05, 0.1) is 6.21 Å². The number of guanidine groups is 1. The normalized spacial score (nSPS) is 12.1. The van der Waals surface area contributed by atoms with Crippen LogP contribution in [0.1, 0.15) is 11.1 Å². The molecule has 0 bridgehead atoms. The van der Waals surface area contributed by atoms with Crippen molar-refractivity contribution in [3.05, 3.63) is 65.9 Å².